The third kappa shape index (κ3) is 31.7. The maximum Gasteiger partial charge on any atom is 0.305 e. The zero-order valence-electron chi connectivity index (χ0n) is 71.5. The highest BCUT2D eigenvalue weighted by Crippen LogP contribution is 2.30. The summed E-state index contributed by atoms with van der Waals surface area (Å²) < 4.78 is 0. The van der Waals surface area contributed by atoms with E-state index < -0.39 is 256 Å². The summed E-state index contributed by atoms with van der Waals surface area (Å²) in [6.07, 6.45) is -0.398. The van der Waals surface area contributed by atoms with E-state index in [9.17, 15) is 77.3 Å². The maximum atomic E-state index is 15.5. The summed E-state index contributed by atoms with van der Waals surface area (Å²) in [7, 11) is 0. The third-order valence-electron chi connectivity index (χ3n) is 22.0. The van der Waals surface area contributed by atoms with E-state index in [1.807, 2.05) is 0 Å². The van der Waals surface area contributed by atoms with Crippen LogP contribution in [0.15, 0.2) is 91.3 Å². The Morgan fingerprint density at radius 1 is 0.477 bits per heavy atom. The Kier molecular flexibility index (Phi) is 38.8. The molecule has 1 saturated carbocycles. The number of carbonyl (C=O) groups is 19. The van der Waals surface area contributed by atoms with E-state index in [2.05, 4.69) is 79.1 Å². The summed E-state index contributed by atoms with van der Waals surface area (Å²) >= 11 is 2.87. The molecule has 2 aromatic heterocycles. The third-order valence-corrected chi connectivity index (χ3v) is 25.2. The summed E-state index contributed by atoms with van der Waals surface area (Å²) in [5.74, 6) is -21.7. The number of aliphatic carboxylic acids is 2. The van der Waals surface area contributed by atoms with Gasteiger partial charge in [-0.2, -0.15) is 35.3 Å². The van der Waals surface area contributed by atoms with Gasteiger partial charge in [0.05, 0.1) is 33.0 Å². The molecule has 0 unspecified atom stereocenters. The number of carbonyl (C=O) groups excluding carboxylic acids is 17. The summed E-state index contributed by atoms with van der Waals surface area (Å²) in [4.78, 5) is 282. The number of benzene rings is 3. The van der Waals surface area contributed by atoms with Gasteiger partial charge in [-0.05, 0) is 66.8 Å². The molecule has 5 aromatic rings. The van der Waals surface area contributed by atoms with Crippen LogP contribution in [0.2, 0.25) is 0 Å². The number of para-hydroxylation sites is 2. The van der Waals surface area contributed by atoms with Crippen LogP contribution in [0.25, 0.3) is 21.8 Å². The summed E-state index contributed by atoms with van der Waals surface area (Å²) in [5.41, 5.74) is 19.7. The number of nitrogens with one attached hydrogen (secondary N) is 16. The van der Waals surface area contributed by atoms with E-state index in [1.54, 1.807) is 91.3 Å². The average molecular weight is 1860 g/mol. The second-order valence-corrected chi connectivity index (χ2v) is 35.4. The lowest BCUT2D eigenvalue weighted by molar-refractivity contribution is -0.158. The van der Waals surface area contributed by atoms with Crippen LogP contribution in [-0.4, -0.2) is 287 Å². The predicted octanol–water partition coefficient (Wildman–Crippen LogP) is -3.15. The van der Waals surface area contributed by atoms with Crippen molar-refractivity contribution in [2.24, 2.45) is 23.1 Å². The number of nitrogens with two attached hydrogens (primary N) is 3. The number of nitrogens with zero attached hydrogens (tertiary/aromatic N) is 3. The Hall–Kier alpha value is -13.0. The molecule has 4 aliphatic rings. The van der Waals surface area contributed by atoms with Gasteiger partial charge in [-0.25, -0.2) is 0 Å². The molecule has 4 fully saturated rings. The molecule has 46 heteroatoms. The lowest BCUT2D eigenvalue weighted by atomic mass is 9.96. The fourth-order valence-corrected chi connectivity index (χ4v) is 18.1. The van der Waals surface area contributed by atoms with E-state index in [0.29, 0.717) is 64.2 Å². The fourth-order valence-electron chi connectivity index (χ4n) is 15.2. The van der Waals surface area contributed by atoms with Crippen molar-refractivity contribution >= 4 is 175 Å². The molecule has 0 radical (unpaired) electrons. The number of amides is 17. The molecule has 3 saturated heterocycles. The Morgan fingerprint density at radius 2 is 0.931 bits per heavy atom. The molecule has 43 nitrogen and oxygen atoms in total. The van der Waals surface area contributed by atoms with Gasteiger partial charge in [0, 0.05) is 134 Å². The molecular weight excluding hydrogens is 1750 g/mol. The van der Waals surface area contributed by atoms with Crippen LogP contribution in [0, 0.1) is 11.3 Å². The minimum absolute atomic E-state index is 0.0181. The quantitative estimate of drug-likeness (QED) is 0.0185. The van der Waals surface area contributed by atoms with Gasteiger partial charge in [-0.3, -0.25) is 96.5 Å². The smallest absolute Gasteiger partial charge is 0.305 e. The molecule has 1 aliphatic carbocycles. The van der Waals surface area contributed by atoms with Gasteiger partial charge in [0.2, 0.25) is 100 Å². The molecular formula is C84H112N22O21S3. The fraction of sp³-hybridized carbons (Fsp3) is 0.500. The van der Waals surface area contributed by atoms with Crippen LogP contribution in [0.3, 0.4) is 0 Å². The Labute approximate surface area is 759 Å². The predicted molar refractivity (Wildman–Crippen MR) is 478 cm³/mol. The van der Waals surface area contributed by atoms with E-state index in [0.717, 1.165) is 42.2 Å². The van der Waals surface area contributed by atoms with Gasteiger partial charge in [0.1, 0.15) is 66.5 Å². The number of hydrogen-bond acceptors (Lipinski definition) is 23. The second kappa shape index (κ2) is 50.1. The maximum absolute atomic E-state index is 15.5. The first-order valence-corrected chi connectivity index (χ1v) is 46.0. The zero-order chi connectivity index (χ0) is 94.1. The number of carboxylic acids is 2. The lowest BCUT2D eigenvalue weighted by Crippen LogP contribution is -2.61. The van der Waals surface area contributed by atoms with Crippen molar-refractivity contribution in [1.82, 2.24) is 93.8 Å². The van der Waals surface area contributed by atoms with Crippen LogP contribution in [-0.2, 0) is 110 Å². The van der Waals surface area contributed by atoms with Crippen LogP contribution in [0.5, 0.6) is 0 Å². The summed E-state index contributed by atoms with van der Waals surface area (Å²) in [5, 5.41) is 62.9. The summed E-state index contributed by atoms with van der Waals surface area (Å²) in [6, 6.07) is 3.55. The first-order valence-electron chi connectivity index (χ1n) is 42.5. The molecule has 3 aromatic carbocycles. The number of primary amides is 2. The number of carboxylic acid groups (broad SMARTS) is 2. The van der Waals surface area contributed by atoms with Gasteiger partial charge in [-0.15, -0.1) is 0 Å². The molecule has 3 aliphatic heterocycles. The minimum Gasteiger partial charge on any atom is -0.481 e. The van der Waals surface area contributed by atoms with Crippen molar-refractivity contribution in [2.45, 2.75) is 189 Å². The number of aromatic amines is 2. The molecule has 24 N–H and O–H groups in total. The van der Waals surface area contributed by atoms with Gasteiger partial charge < -0.3 is 121 Å². The number of rotatable bonds is 22. The SMILES string of the molecule is CC(=O)N[C@H]1CSCCC(=O)N2CN3CN(C2)C(=O)CCSC[C@H](NC(=O)[C@H](CC(=O)O)NC(=O)[C@H](CCC(=O)O)NC(=O)[C@H](CC2CCCC2)NC(=O)[C@H](Cc2c[nH]c4ccccc24)NC(=O)[C@H](CCC(N)=O)NC1=O)C(=O)N[C@@H](Cc1c[nH]c2ccccc12)C(=O)N[C@@H](CCCNC(=N)N)C(=O)NCC(=O)N[C@@H](Cc1ccccc1)C(=O)N[C@H](C(N)=O)CSCCC3=O. The second-order valence-electron chi connectivity index (χ2n) is 32.0. The largest absolute Gasteiger partial charge is 0.481 e. The van der Waals surface area contributed by atoms with E-state index in [1.165, 1.54) is 14.7 Å². The number of hydrogen-bond donors (Lipinski definition) is 21. The number of guanidine groups is 1. The van der Waals surface area contributed by atoms with Gasteiger partial charge in [0.15, 0.2) is 5.96 Å². The topological polar surface area (TPSA) is 664 Å². The molecule has 11 atom stereocenters. The van der Waals surface area contributed by atoms with Crippen molar-refractivity contribution in [2.75, 3.05) is 67.6 Å². The highest BCUT2D eigenvalue weighted by atomic mass is 32.2. The van der Waals surface area contributed by atoms with Crippen molar-refractivity contribution in [3.8, 4) is 0 Å². The average Bonchev–Trinajstić information content (AvgIpc) is 1.62. The van der Waals surface area contributed by atoms with Gasteiger partial charge in [-0.1, -0.05) is 92.4 Å². The number of fused-ring (bicyclic) bond motifs is 9. The summed E-state index contributed by atoms with van der Waals surface area (Å²) in [6.45, 7) is -0.975. The van der Waals surface area contributed by atoms with Gasteiger partial charge >= 0.3 is 11.9 Å². The van der Waals surface area contributed by atoms with Crippen molar-refractivity contribution in [1.29, 1.82) is 5.41 Å². The number of thioether (sulfide) groups is 3. The van der Waals surface area contributed by atoms with Crippen molar-refractivity contribution < 1.29 is 101 Å². The lowest BCUT2D eigenvalue weighted by Gasteiger charge is -2.42. The monoisotopic (exact) mass is 1860 g/mol. The molecule has 130 heavy (non-hydrogen) atoms. The number of H-pyrrole nitrogens is 2. The zero-order valence-corrected chi connectivity index (χ0v) is 74.0. The Bertz CT molecular complexity index is 4960. The normalized spacial score (nSPS) is 23.8. The molecule has 0 spiro atoms. The number of aromatic nitrogens is 2. The van der Waals surface area contributed by atoms with E-state index in [-0.39, 0.29) is 92.6 Å². The van der Waals surface area contributed by atoms with Crippen molar-refractivity contribution in [3.05, 3.63) is 108 Å². The molecule has 17 amide bonds. The first kappa shape index (κ1) is 101. The standard InChI is InChI=1S/C84H112N22O21S3/c1-46(107)93-64-41-129-30-26-69(111)105-43-104-44-106(45-105)70(112)27-31-130-42-65(83(127)100-60(34-49-37-90-53-18-9-7-16-51(49)53)79(123)95-55(20-11-28-89-84(87)88)74(118)92-39-67(109)94-58(32-47-12-3-2-4-13-47)77(121)102-63(73(86)117)40-128-29-25-68(104)110)103-81(125)62(36-72(115)116)101-76(120)57(22-24-71(113)114)96-78(122)59(33-48-14-5-6-15-48)98-80(124)61(35-50-38-91-54-19-10-8-17-52(50)54)99-75(119)56(97-82(64)126)21-23-66(85)108/h2-4,7-10,12-13,16-19,37-38,48,55-65,90-91H,5-6,11,14-15,20-36,39-45H2,1H3,(H2,85,108)(H2,86,117)(H,92,118)(H,93,107)(H,94,109)(H,95,123)(H,96,122)(H,97,126)(H,98,124)(H,99,119)(H,100,127)(H,101,120)(H,102,121)(H,103,125)(H,113,114)(H,115,116)(H4,87,88,89)/t55-,56-,57-,58-,59-,60-,61-,62-,63-,64-,65-/m0/s1. The molecule has 702 valence electrons. The molecule has 4 bridgehead atoms. The van der Waals surface area contributed by atoms with Crippen LogP contribution >= 0.6 is 35.3 Å². The highest BCUT2D eigenvalue weighted by molar-refractivity contribution is 7.99. The van der Waals surface area contributed by atoms with E-state index in [4.69, 9.17) is 22.6 Å². The van der Waals surface area contributed by atoms with Crippen LogP contribution in [0.1, 0.15) is 120 Å². The van der Waals surface area contributed by atoms with Gasteiger partial charge in [0.25, 0.3) is 0 Å². The first-order chi connectivity index (χ1) is 62.1. The van der Waals surface area contributed by atoms with Crippen LogP contribution < -0.4 is 86.3 Å². The van der Waals surface area contributed by atoms with Crippen molar-refractivity contribution in [3.63, 3.8) is 0 Å². The Morgan fingerprint density at radius 3 is 1.46 bits per heavy atom. The minimum atomic E-state index is -2.20. The highest BCUT2D eigenvalue weighted by Gasteiger charge is 2.40. The van der Waals surface area contributed by atoms with E-state index >= 15 is 24.0 Å². The molecule has 9 rings (SSSR count). The Balaban J connectivity index is 1.12. The van der Waals surface area contributed by atoms with Crippen LogP contribution in [0.4, 0.5) is 0 Å². The molecule has 5 heterocycles.